The number of rotatable bonds is 4. The standard InChI is InChI=1S/C13H20BrNOS/c1-13(2,3)12(15)11(8-16)17-10-7-5-4-6-9(10)14/h4-7,11-12,16H,8,15H2,1-3H3. The van der Waals surface area contributed by atoms with Crippen molar-refractivity contribution in [2.45, 2.75) is 37.0 Å². The minimum atomic E-state index is -0.0513. The quantitative estimate of drug-likeness (QED) is 0.838. The minimum absolute atomic E-state index is 0.00806. The van der Waals surface area contributed by atoms with E-state index >= 15 is 0 Å². The molecule has 4 heteroatoms. The highest BCUT2D eigenvalue weighted by Gasteiger charge is 2.29. The summed E-state index contributed by atoms with van der Waals surface area (Å²) >= 11 is 5.14. The van der Waals surface area contributed by atoms with E-state index in [9.17, 15) is 5.11 Å². The fourth-order valence-corrected chi connectivity index (χ4v) is 3.34. The highest BCUT2D eigenvalue weighted by atomic mass is 79.9. The molecule has 0 aromatic heterocycles. The molecule has 0 aliphatic heterocycles. The van der Waals surface area contributed by atoms with Crippen molar-refractivity contribution < 1.29 is 5.11 Å². The van der Waals surface area contributed by atoms with Gasteiger partial charge in [-0.3, -0.25) is 0 Å². The van der Waals surface area contributed by atoms with Gasteiger partial charge < -0.3 is 10.8 Å². The Labute approximate surface area is 116 Å². The lowest BCUT2D eigenvalue weighted by atomic mass is 9.85. The van der Waals surface area contributed by atoms with Gasteiger partial charge in [-0.1, -0.05) is 32.9 Å². The normalized spacial score (nSPS) is 15.6. The SMILES string of the molecule is CC(C)(C)C(N)C(CO)Sc1ccccc1Br. The lowest BCUT2D eigenvalue weighted by Crippen LogP contribution is -2.45. The maximum Gasteiger partial charge on any atom is 0.0568 e. The molecule has 2 nitrogen and oxygen atoms in total. The zero-order valence-electron chi connectivity index (χ0n) is 10.5. The van der Waals surface area contributed by atoms with Crippen LogP contribution in [0, 0.1) is 5.41 Å². The van der Waals surface area contributed by atoms with Gasteiger partial charge >= 0.3 is 0 Å². The Hall–Kier alpha value is -0.0300. The first-order valence-corrected chi connectivity index (χ1v) is 7.31. The molecule has 17 heavy (non-hydrogen) atoms. The first-order chi connectivity index (χ1) is 7.86. The summed E-state index contributed by atoms with van der Waals surface area (Å²) in [5, 5.41) is 9.50. The van der Waals surface area contributed by atoms with Gasteiger partial charge in [0.25, 0.3) is 0 Å². The largest absolute Gasteiger partial charge is 0.395 e. The molecule has 0 amide bonds. The van der Waals surface area contributed by atoms with Crippen molar-refractivity contribution in [3.8, 4) is 0 Å². The highest BCUT2D eigenvalue weighted by molar-refractivity contribution is 9.10. The number of hydrogen-bond donors (Lipinski definition) is 2. The number of benzene rings is 1. The van der Waals surface area contributed by atoms with Gasteiger partial charge in [0.05, 0.1) is 6.61 Å². The van der Waals surface area contributed by atoms with Gasteiger partial charge in [-0.15, -0.1) is 11.8 Å². The maximum absolute atomic E-state index is 9.50. The lowest BCUT2D eigenvalue weighted by Gasteiger charge is -2.33. The number of aliphatic hydroxyl groups excluding tert-OH is 1. The molecule has 0 heterocycles. The lowest BCUT2D eigenvalue weighted by molar-refractivity contribution is 0.233. The number of thioether (sulfide) groups is 1. The van der Waals surface area contributed by atoms with Crippen LogP contribution < -0.4 is 5.73 Å². The predicted octanol–water partition coefficient (Wildman–Crippen LogP) is 3.28. The monoisotopic (exact) mass is 317 g/mol. The van der Waals surface area contributed by atoms with Gasteiger partial charge in [0.1, 0.15) is 0 Å². The van der Waals surface area contributed by atoms with Crippen LogP contribution in [0.2, 0.25) is 0 Å². The minimum Gasteiger partial charge on any atom is -0.395 e. The molecule has 1 aromatic rings. The molecule has 0 aliphatic rings. The molecular formula is C13H20BrNOS. The summed E-state index contributed by atoms with van der Waals surface area (Å²) < 4.78 is 1.05. The fourth-order valence-electron chi connectivity index (χ4n) is 1.49. The molecule has 2 atom stereocenters. The smallest absolute Gasteiger partial charge is 0.0568 e. The second-order valence-electron chi connectivity index (χ2n) is 5.16. The molecule has 2 unspecified atom stereocenters. The number of aliphatic hydroxyl groups is 1. The third-order valence-corrected chi connectivity index (χ3v) is 5.00. The first-order valence-electron chi connectivity index (χ1n) is 5.64. The third kappa shape index (κ3) is 4.28. The summed E-state index contributed by atoms with van der Waals surface area (Å²) in [7, 11) is 0. The fraction of sp³-hybridized carbons (Fsp3) is 0.538. The Morgan fingerprint density at radius 3 is 2.41 bits per heavy atom. The molecule has 3 N–H and O–H groups in total. The zero-order valence-corrected chi connectivity index (χ0v) is 12.9. The van der Waals surface area contributed by atoms with Crippen molar-refractivity contribution in [1.29, 1.82) is 0 Å². The Morgan fingerprint density at radius 2 is 1.94 bits per heavy atom. The van der Waals surface area contributed by atoms with Crippen LogP contribution in [-0.4, -0.2) is 23.0 Å². The van der Waals surface area contributed by atoms with Crippen molar-refractivity contribution in [2.75, 3.05) is 6.61 Å². The van der Waals surface area contributed by atoms with Crippen LogP contribution in [0.25, 0.3) is 0 Å². The molecule has 0 saturated heterocycles. The second kappa shape index (κ2) is 6.23. The molecule has 0 saturated carbocycles. The van der Waals surface area contributed by atoms with E-state index in [0.29, 0.717) is 0 Å². The zero-order chi connectivity index (χ0) is 13.1. The van der Waals surface area contributed by atoms with E-state index in [1.165, 1.54) is 0 Å². The van der Waals surface area contributed by atoms with Crippen molar-refractivity contribution in [1.82, 2.24) is 0 Å². The summed E-state index contributed by atoms with van der Waals surface area (Å²) in [6, 6.07) is 7.95. The molecular weight excluding hydrogens is 298 g/mol. The molecule has 1 aromatic carbocycles. The molecule has 96 valence electrons. The summed E-state index contributed by atoms with van der Waals surface area (Å²) in [6.45, 7) is 6.38. The predicted molar refractivity (Wildman–Crippen MR) is 78.3 cm³/mol. The topological polar surface area (TPSA) is 46.2 Å². The van der Waals surface area contributed by atoms with Crippen molar-refractivity contribution >= 4 is 27.7 Å². The molecule has 0 aliphatic carbocycles. The van der Waals surface area contributed by atoms with E-state index in [4.69, 9.17) is 5.73 Å². The summed E-state index contributed by atoms with van der Waals surface area (Å²) in [4.78, 5) is 1.12. The first kappa shape index (κ1) is 15.0. The Kier molecular flexibility index (Phi) is 5.51. The third-order valence-electron chi connectivity index (χ3n) is 2.70. The van der Waals surface area contributed by atoms with Gasteiger partial charge in [0, 0.05) is 20.7 Å². The average Bonchev–Trinajstić information content (AvgIpc) is 2.26. The van der Waals surface area contributed by atoms with Crippen LogP contribution in [-0.2, 0) is 0 Å². The van der Waals surface area contributed by atoms with Crippen LogP contribution in [0.3, 0.4) is 0 Å². The van der Waals surface area contributed by atoms with Gasteiger partial charge in [-0.25, -0.2) is 0 Å². The number of nitrogens with two attached hydrogens (primary N) is 1. The van der Waals surface area contributed by atoms with Crippen molar-refractivity contribution in [3.63, 3.8) is 0 Å². The van der Waals surface area contributed by atoms with E-state index in [-0.39, 0.29) is 23.3 Å². The van der Waals surface area contributed by atoms with Crippen LogP contribution in [0.4, 0.5) is 0 Å². The Balaban J connectivity index is 2.81. The molecule has 0 fully saturated rings. The summed E-state index contributed by atoms with van der Waals surface area (Å²) in [6.07, 6.45) is 0. The summed E-state index contributed by atoms with van der Waals surface area (Å²) in [5.41, 5.74) is 6.20. The van der Waals surface area contributed by atoms with Gasteiger partial charge in [0.2, 0.25) is 0 Å². The van der Waals surface area contributed by atoms with Crippen molar-refractivity contribution in [3.05, 3.63) is 28.7 Å². The van der Waals surface area contributed by atoms with Crippen LogP contribution in [0.5, 0.6) is 0 Å². The van der Waals surface area contributed by atoms with Crippen molar-refractivity contribution in [2.24, 2.45) is 11.1 Å². The maximum atomic E-state index is 9.50. The molecule has 0 spiro atoms. The molecule has 0 bridgehead atoms. The van der Waals surface area contributed by atoms with E-state index < -0.39 is 0 Å². The van der Waals surface area contributed by atoms with Gasteiger partial charge in [0.15, 0.2) is 0 Å². The van der Waals surface area contributed by atoms with Gasteiger partial charge in [-0.05, 0) is 33.5 Å². The molecule has 1 rings (SSSR count). The van der Waals surface area contributed by atoms with E-state index in [2.05, 4.69) is 36.7 Å². The number of hydrogen-bond acceptors (Lipinski definition) is 3. The van der Waals surface area contributed by atoms with E-state index in [1.54, 1.807) is 11.8 Å². The van der Waals surface area contributed by atoms with E-state index in [1.807, 2.05) is 24.3 Å². The Morgan fingerprint density at radius 1 is 1.35 bits per heavy atom. The Bertz CT molecular complexity index is 365. The van der Waals surface area contributed by atoms with Crippen LogP contribution >= 0.6 is 27.7 Å². The second-order valence-corrected chi connectivity index (χ2v) is 7.30. The highest BCUT2D eigenvalue weighted by Crippen LogP contribution is 2.35. The van der Waals surface area contributed by atoms with Gasteiger partial charge in [-0.2, -0.15) is 0 Å². The number of halogens is 1. The van der Waals surface area contributed by atoms with Crippen LogP contribution in [0.1, 0.15) is 20.8 Å². The summed E-state index contributed by atoms with van der Waals surface area (Å²) in [5.74, 6) is 0. The average molecular weight is 318 g/mol. The van der Waals surface area contributed by atoms with E-state index in [0.717, 1.165) is 9.37 Å². The molecule has 0 radical (unpaired) electrons. The van der Waals surface area contributed by atoms with Crippen LogP contribution in [0.15, 0.2) is 33.6 Å².